The van der Waals surface area contributed by atoms with E-state index >= 15 is 0 Å². The second kappa shape index (κ2) is 5.06. The molecule has 1 saturated heterocycles. The van der Waals surface area contributed by atoms with E-state index in [1.54, 1.807) is 0 Å². The van der Waals surface area contributed by atoms with Crippen LogP contribution in [0.15, 0.2) is 0 Å². The third kappa shape index (κ3) is 4.36. The molecule has 1 N–H and O–H groups in total. The highest BCUT2D eigenvalue weighted by Crippen LogP contribution is 2.09. The fourth-order valence-electron chi connectivity index (χ4n) is 1.25. The van der Waals surface area contributed by atoms with Crippen LogP contribution in [0.1, 0.15) is 6.42 Å². The number of rotatable bonds is 4. The van der Waals surface area contributed by atoms with Crippen molar-refractivity contribution < 1.29 is 23.0 Å². The van der Waals surface area contributed by atoms with Crippen LogP contribution in [-0.4, -0.2) is 57.6 Å². The summed E-state index contributed by atoms with van der Waals surface area (Å²) < 4.78 is 32.0. The minimum absolute atomic E-state index is 0.0198. The smallest absolute Gasteiger partial charge is 0.147 e. The Morgan fingerprint density at radius 3 is 2.71 bits per heavy atom. The van der Waals surface area contributed by atoms with E-state index in [0.717, 1.165) is 6.26 Å². The van der Waals surface area contributed by atoms with E-state index < -0.39 is 15.9 Å². The highest BCUT2D eigenvalue weighted by molar-refractivity contribution is 7.90. The monoisotopic (exact) mass is 224 g/mol. The van der Waals surface area contributed by atoms with Gasteiger partial charge in [-0.05, 0) is 6.42 Å². The van der Waals surface area contributed by atoms with Crippen LogP contribution in [0.2, 0.25) is 0 Å². The molecule has 0 amide bonds. The summed E-state index contributed by atoms with van der Waals surface area (Å²) in [4.78, 5) is 0. The van der Waals surface area contributed by atoms with E-state index in [4.69, 9.17) is 9.47 Å². The van der Waals surface area contributed by atoms with Crippen LogP contribution in [-0.2, 0) is 19.3 Å². The molecule has 0 radical (unpaired) electrons. The molecule has 2 atom stereocenters. The Hall–Kier alpha value is -0.170. The standard InChI is InChI=1S/C8H16O5S/c1-14(10,11)5-2-7(9)8-6-12-3-4-13-8/h7-9H,2-6H2,1H3. The predicted octanol–water partition coefficient (Wildman–Crippen LogP) is -0.803. The van der Waals surface area contributed by atoms with Crippen molar-refractivity contribution in [3.8, 4) is 0 Å². The van der Waals surface area contributed by atoms with Gasteiger partial charge < -0.3 is 14.6 Å². The highest BCUT2D eigenvalue weighted by Gasteiger charge is 2.23. The minimum Gasteiger partial charge on any atom is -0.390 e. The molecule has 1 aliphatic rings. The number of aliphatic hydroxyl groups is 1. The van der Waals surface area contributed by atoms with Crippen LogP contribution >= 0.6 is 0 Å². The Morgan fingerprint density at radius 2 is 2.21 bits per heavy atom. The van der Waals surface area contributed by atoms with Crippen LogP contribution in [0, 0.1) is 0 Å². The zero-order valence-corrected chi connectivity index (χ0v) is 9.00. The maximum atomic E-state index is 10.8. The quantitative estimate of drug-likeness (QED) is 0.676. The molecule has 1 heterocycles. The highest BCUT2D eigenvalue weighted by atomic mass is 32.2. The van der Waals surface area contributed by atoms with Crippen molar-refractivity contribution in [2.24, 2.45) is 0 Å². The third-order valence-corrected chi connectivity index (χ3v) is 3.03. The van der Waals surface area contributed by atoms with E-state index in [1.165, 1.54) is 0 Å². The molecular weight excluding hydrogens is 208 g/mol. The second-order valence-corrected chi connectivity index (χ2v) is 5.73. The molecular formula is C8H16O5S. The Labute approximate surface area is 83.9 Å². The molecule has 0 aliphatic carbocycles. The fraction of sp³-hybridized carbons (Fsp3) is 1.00. The summed E-state index contributed by atoms with van der Waals surface area (Å²) in [5.41, 5.74) is 0. The Morgan fingerprint density at radius 1 is 1.50 bits per heavy atom. The predicted molar refractivity (Wildman–Crippen MR) is 50.9 cm³/mol. The summed E-state index contributed by atoms with van der Waals surface area (Å²) >= 11 is 0. The van der Waals surface area contributed by atoms with E-state index in [1.807, 2.05) is 0 Å². The van der Waals surface area contributed by atoms with Crippen molar-refractivity contribution in [3.63, 3.8) is 0 Å². The van der Waals surface area contributed by atoms with Gasteiger partial charge >= 0.3 is 0 Å². The van der Waals surface area contributed by atoms with Crippen molar-refractivity contribution in [1.82, 2.24) is 0 Å². The number of hydrogen-bond acceptors (Lipinski definition) is 5. The van der Waals surface area contributed by atoms with Gasteiger partial charge in [-0.25, -0.2) is 8.42 Å². The zero-order chi connectivity index (χ0) is 10.6. The minimum atomic E-state index is -3.01. The fourth-order valence-corrected chi connectivity index (χ4v) is 1.92. The largest absolute Gasteiger partial charge is 0.390 e. The lowest BCUT2D eigenvalue weighted by atomic mass is 10.1. The SMILES string of the molecule is CS(=O)(=O)CCC(O)C1COCCO1. The van der Waals surface area contributed by atoms with Gasteiger partial charge in [0.15, 0.2) is 0 Å². The molecule has 14 heavy (non-hydrogen) atoms. The van der Waals surface area contributed by atoms with E-state index in [2.05, 4.69) is 0 Å². The molecule has 0 spiro atoms. The first-order valence-corrected chi connectivity index (χ1v) is 6.60. The number of aliphatic hydroxyl groups excluding tert-OH is 1. The summed E-state index contributed by atoms with van der Waals surface area (Å²) in [6.45, 7) is 1.33. The molecule has 5 nitrogen and oxygen atoms in total. The summed E-state index contributed by atoms with van der Waals surface area (Å²) in [6.07, 6.45) is 0.209. The van der Waals surface area contributed by atoms with Crippen LogP contribution in [0.4, 0.5) is 0 Å². The second-order valence-electron chi connectivity index (χ2n) is 3.47. The summed E-state index contributed by atoms with van der Waals surface area (Å²) in [7, 11) is -3.01. The molecule has 1 rings (SSSR count). The lowest BCUT2D eigenvalue weighted by molar-refractivity contribution is -0.132. The van der Waals surface area contributed by atoms with Gasteiger partial charge in [0, 0.05) is 6.26 Å². The number of sulfone groups is 1. The molecule has 0 aromatic carbocycles. The van der Waals surface area contributed by atoms with Gasteiger partial charge in [-0.2, -0.15) is 0 Å². The van der Waals surface area contributed by atoms with Gasteiger partial charge in [-0.1, -0.05) is 0 Å². The van der Waals surface area contributed by atoms with Gasteiger partial charge in [0.05, 0.1) is 31.7 Å². The van der Waals surface area contributed by atoms with E-state index in [9.17, 15) is 13.5 Å². The maximum Gasteiger partial charge on any atom is 0.147 e. The van der Waals surface area contributed by atoms with Gasteiger partial charge in [0.25, 0.3) is 0 Å². The molecule has 2 unspecified atom stereocenters. The molecule has 0 aromatic heterocycles. The molecule has 0 bridgehead atoms. The summed E-state index contributed by atoms with van der Waals surface area (Å²) in [5.74, 6) is -0.0198. The molecule has 6 heteroatoms. The van der Waals surface area contributed by atoms with Gasteiger partial charge in [-0.3, -0.25) is 0 Å². The number of hydrogen-bond donors (Lipinski definition) is 1. The first-order chi connectivity index (χ1) is 6.49. The van der Waals surface area contributed by atoms with Crippen molar-refractivity contribution in [3.05, 3.63) is 0 Å². The maximum absolute atomic E-state index is 10.8. The van der Waals surface area contributed by atoms with Crippen molar-refractivity contribution in [2.75, 3.05) is 31.8 Å². The van der Waals surface area contributed by atoms with E-state index in [0.29, 0.717) is 19.8 Å². The topological polar surface area (TPSA) is 72.8 Å². The van der Waals surface area contributed by atoms with Gasteiger partial charge in [0.1, 0.15) is 15.9 Å². The Kier molecular flexibility index (Phi) is 4.31. The average molecular weight is 224 g/mol. The van der Waals surface area contributed by atoms with Crippen LogP contribution in [0.5, 0.6) is 0 Å². The lowest BCUT2D eigenvalue weighted by Crippen LogP contribution is -2.39. The molecule has 84 valence electrons. The van der Waals surface area contributed by atoms with Crippen molar-refractivity contribution in [1.29, 1.82) is 0 Å². The molecule has 0 aromatic rings. The van der Waals surface area contributed by atoms with E-state index in [-0.39, 0.29) is 18.3 Å². The third-order valence-electron chi connectivity index (χ3n) is 2.06. The number of ether oxygens (including phenoxy) is 2. The van der Waals surface area contributed by atoms with Gasteiger partial charge in [-0.15, -0.1) is 0 Å². The van der Waals surface area contributed by atoms with Crippen LogP contribution in [0.25, 0.3) is 0 Å². The zero-order valence-electron chi connectivity index (χ0n) is 8.18. The normalized spacial score (nSPS) is 26.0. The Balaban J connectivity index is 2.30. The van der Waals surface area contributed by atoms with Crippen LogP contribution < -0.4 is 0 Å². The average Bonchev–Trinajstić information content (AvgIpc) is 2.14. The summed E-state index contributed by atoms with van der Waals surface area (Å²) in [6, 6.07) is 0. The van der Waals surface area contributed by atoms with Crippen molar-refractivity contribution in [2.45, 2.75) is 18.6 Å². The van der Waals surface area contributed by atoms with Gasteiger partial charge in [0.2, 0.25) is 0 Å². The Bertz CT molecular complexity index is 255. The van der Waals surface area contributed by atoms with Crippen LogP contribution in [0.3, 0.4) is 0 Å². The summed E-state index contributed by atoms with van der Waals surface area (Å²) in [5, 5.41) is 9.57. The molecule has 1 fully saturated rings. The molecule has 1 aliphatic heterocycles. The van der Waals surface area contributed by atoms with Crippen molar-refractivity contribution >= 4 is 9.84 Å². The first kappa shape index (κ1) is 11.9. The first-order valence-electron chi connectivity index (χ1n) is 4.54. The molecule has 0 saturated carbocycles. The lowest BCUT2D eigenvalue weighted by Gasteiger charge is -2.26.